The zero-order chi connectivity index (χ0) is 17.0. The lowest BCUT2D eigenvalue weighted by atomic mass is 10.1. The maximum absolute atomic E-state index is 13.2. The lowest BCUT2D eigenvalue weighted by molar-refractivity contribution is -0.131. The van der Waals surface area contributed by atoms with Crippen molar-refractivity contribution in [3.8, 4) is 0 Å². The highest BCUT2D eigenvalue weighted by Crippen LogP contribution is 2.18. The summed E-state index contributed by atoms with van der Waals surface area (Å²) in [6.07, 6.45) is 1.27. The molecule has 0 unspecified atom stereocenters. The molecule has 0 radical (unpaired) electrons. The van der Waals surface area contributed by atoms with Crippen molar-refractivity contribution in [1.29, 1.82) is 0 Å². The number of carbonyl (C=O) groups excluding carboxylic acids is 2. The van der Waals surface area contributed by atoms with Crippen molar-refractivity contribution in [3.05, 3.63) is 34.6 Å². The van der Waals surface area contributed by atoms with Crippen LogP contribution in [0, 0.1) is 11.7 Å². The second kappa shape index (κ2) is 7.77. The van der Waals surface area contributed by atoms with Gasteiger partial charge in [0.05, 0.1) is 5.02 Å². The normalized spacial score (nSPS) is 15.7. The van der Waals surface area contributed by atoms with E-state index in [1.807, 2.05) is 18.7 Å². The third-order valence-electron chi connectivity index (χ3n) is 3.89. The molecule has 1 saturated heterocycles. The molecule has 0 atom stereocenters. The van der Waals surface area contributed by atoms with Crippen molar-refractivity contribution < 1.29 is 14.0 Å². The molecular weight excluding hydrogens is 319 g/mol. The standard InChI is InChI=1S/C17H22ClFN2O2/c1-12(2)10-16(22)20-6-3-7-21(9-8-20)17(23)13-4-5-15(19)14(18)11-13/h4-5,11-12H,3,6-10H2,1-2H3. The lowest BCUT2D eigenvalue weighted by Crippen LogP contribution is -2.37. The summed E-state index contributed by atoms with van der Waals surface area (Å²) in [7, 11) is 0. The minimum Gasteiger partial charge on any atom is -0.341 e. The number of hydrogen-bond acceptors (Lipinski definition) is 2. The van der Waals surface area contributed by atoms with E-state index in [4.69, 9.17) is 11.6 Å². The molecule has 1 aromatic rings. The van der Waals surface area contributed by atoms with Crippen LogP contribution in [0.2, 0.25) is 5.02 Å². The van der Waals surface area contributed by atoms with Crippen LogP contribution in [0.1, 0.15) is 37.0 Å². The molecular formula is C17H22ClFN2O2. The summed E-state index contributed by atoms with van der Waals surface area (Å²) in [6, 6.07) is 3.99. The van der Waals surface area contributed by atoms with Crippen molar-refractivity contribution >= 4 is 23.4 Å². The van der Waals surface area contributed by atoms with Crippen molar-refractivity contribution in [1.82, 2.24) is 9.80 Å². The molecule has 23 heavy (non-hydrogen) atoms. The molecule has 0 spiro atoms. The monoisotopic (exact) mass is 340 g/mol. The van der Waals surface area contributed by atoms with Crippen molar-refractivity contribution in [2.45, 2.75) is 26.7 Å². The minimum absolute atomic E-state index is 0.0561. The molecule has 2 amide bonds. The molecule has 2 rings (SSSR count). The van der Waals surface area contributed by atoms with E-state index in [2.05, 4.69) is 0 Å². The number of nitrogens with zero attached hydrogens (tertiary/aromatic N) is 2. The molecule has 1 aliphatic rings. The summed E-state index contributed by atoms with van der Waals surface area (Å²) in [5.41, 5.74) is 0.373. The predicted molar refractivity (Wildman–Crippen MR) is 88.0 cm³/mol. The molecule has 1 heterocycles. The van der Waals surface area contributed by atoms with Crippen LogP contribution >= 0.6 is 11.6 Å². The van der Waals surface area contributed by atoms with Gasteiger partial charge in [0.1, 0.15) is 5.82 Å². The van der Waals surface area contributed by atoms with Gasteiger partial charge in [0, 0.05) is 38.2 Å². The summed E-state index contributed by atoms with van der Waals surface area (Å²) < 4.78 is 13.2. The Morgan fingerprint density at radius 1 is 1.17 bits per heavy atom. The Morgan fingerprint density at radius 3 is 2.48 bits per heavy atom. The fraction of sp³-hybridized carbons (Fsp3) is 0.529. The van der Waals surface area contributed by atoms with Crippen LogP contribution < -0.4 is 0 Å². The van der Waals surface area contributed by atoms with Crippen LogP contribution in [0.25, 0.3) is 0 Å². The first-order valence-electron chi connectivity index (χ1n) is 7.90. The van der Waals surface area contributed by atoms with Gasteiger partial charge < -0.3 is 9.80 Å². The molecule has 1 aliphatic heterocycles. The second-order valence-electron chi connectivity index (χ2n) is 6.25. The van der Waals surface area contributed by atoms with E-state index in [0.717, 1.165) is 6.42 Å². The van der Waals surface area contributed by atoms with Crippen LogP contribution in [0.4, 0.5) is 4.39 Å². The van der Waals surface area contributed by atoms with Crippen molar-refractivity contribution in [2.75, 3.05) is 26.2 Å². The van der Waals surface area contributed by atoms with Crippen LogP contribution in [0.15, 0.2) is 18.2 Å². The van der Waals surface area contributed by atoms with Crippen LogP contribution in [-0.2, 0) is 4.79 Å². The summed E-state index contributed by atoms with van der Waals surface area (Å²) in [4.78, 5) is 28.2. The molecule has 126 valence electrons. The highest BCUT2D eigenvalue weighted by Gasteiger charge is 2.23. The van der Waals surface area contributed by atoms with Crippen molar-refractivity contribution in [2.24, 2.45) is 5.92 Å². The zero-order valence-electron chi connectivity index (χ0n) is 13.5. The molecule has 0 bridgehead atoms. The van der Waals surface area contributed by atoms with Gasteiger partial charge in [-0.2, -0.15) is 0 Å². The average Bonchev–Trinajstić information content (AvgIpc) is 2.74. The predicted octanol–water partition coefficient (Wildman–Crippen LogP) is 3.20. The Morgan fingerprint density at radius 2 is 1.83 bits per heavy atom. The number of hydrogen-bond donors (Lipinski definition) is 0. The van der Waals surface area contributed by atoms with E-state index in [0.29, 0.717) is 44.1 Å². The summed E-state index contributed by atoms with van der Waals surface area (Å²) in [5, 5.41) is -0.0561. The summed E-state index contributed by atoms with van der Waals surface area (Å²) >= 11 is 5.74. The molecule has 1 fully saturated rings. The minimum atomic E-state index is -0.537. The topological polar surface area (TPSA) is 40.6 Å². The molecule has 6 heteroatoms. The SMILES string of the molecule is CC(C)CC(=O)N1CCCN(C(=O)c2ccc(F)c(Cl)c2)CC1. The van der Waals surface area contributed by atoms with Crippen molar-refractivity contribution in [3.63, 3.8) is 0 Å². The molecule has 0 aromatic heterocycles. The first kappa shape index (κ1) is 17.7. The van der Waals surface area contributed by atoms with E-state index in [9.17, 15) is 14.0 Å². The third-order valence-corrected chi connectivity index (χ3v) is 4.17. The quantitative estimate of drug-likeness (QED) is 0.847. The number of benzene rings is 1. The maximum atomic E-state index is 13.2. The fourth-order valence-electron chi connectivity index (χ4n) is 2.66. The summed E-state index contributed by atoms with van der Waals surface area (Å²) in [6.45, 7) is 6.30. The van der Waals surface area contributed by atoms with Crippen LogP contribution in [0.5, 0.6) is 0 Å². The third kappa shape index (κ3) is 4.67. The molecule has 0 saturated carbocycles. The van der Waals surface area contributed by atoms with Gasteiger partial charge in [0.15, 0.2) is 0 Å². The Bertz CT molecular complexity index is 592. The largest absolute Gasteiger partial charge is 0.341 e. The van der Waals surface area contributed by atoms with E-state index in [-0.39, 0.29) is 16.8 Å². The van der Waals surface area contributed by atoms with E-state index >= 15 is 0 Å². The Kier molecular flexibility index (Phi) is 5.99. The number of carbonyl (C=O) groups is 2. The summed E-state index contributed by atoms with van der Waals surface area (Å²) in [5.74, 6) is -0.251. The number of rotatable bonds is 3. The molecule has 1 aromatic carbocycles. The van der Waals surface area contributed by atoms with E-state index in [1.165, 1.54) is 18.2 Å². The second-order valence-corrected chi connectivity index (χ2v) is 6.66. The number of amides is 2. The molecule has 0 aliphatic carbocycles. The van der Waals surface area contributed by atoms with Crippen LogP contribution in [-0.4, -0.2) is 47.8 Å². The van der Waals surface area contributed by atoms with Gasteiger partial charge in [-0.05, 0) is 30.5 Å². The smallest absolute Gasteiger partial charge is 0.253 e. The average molecular weight is 341 g/mol. The van der Waals surface area contributed by atoms with Crippen LogP contribution in [0.3, 0.4) is 0 Å². The van der Waals surface area contributed by atoms with Gasteiger partial charge in [0.25, 0.3) is 5.91 Å². The highest BCUT2D eigenvalue weighted by molar-refractivity contribution is 6.31. The zero-order valence-corrected chi connectivity index (χ0v) is 14.3. The van der Waals surface area contributed by atoms with Gasteiger partial charge in [-0.1, -0.05) is 25.4 Å². The Hall–Kier alpha value is -1.62. The Balaban J connectivity index is 2.00. The Labute approximate surface area is 141 Å². The molecule has 0 N–H and O–H groups in total. The van der Waals surface area contributed by atoms with Gasteiger partial charge in [-0.3, -0.25) is 9.59 Å². The fourth-order valence-corrected chi connectivity index (χ4v) is 2.84. The highest BCUT2D eigenvalue weighted by atomic mass is 35.5. The van der Waals surface area contributed by atoms with Gasteiger partial charge in [-0.15, -0.1) is 0 Å². The van der Waals surface area contributed by atoms with Gasteiger partial charge in [0.2, 0.25) is 5.91 Å². The number of halogens is 2. The molecule has 4 nitrogen and oxygen atoms in total. The van der Waals surface area contributed by atoms with Gasteiger partial charge in [-0.25, -0.2) is 4.39 Å². The van der Waals surface area contributed by atoms with E-state index < -0.39 is 5.82 Å². The first-order valence-corrected chi connectivity index (χ1v) is 8.28. The van der Waals surface area contributed by atoms with E-state index in [1.54, 1.807) is 4.90 Å². The first-order chi connectivity index (χ1) is 10.9. The van der Waals surface area contributed by atoms with Gasteiger partial charge >= 0.3 is 0 Å². The lowest BCUT2D eigenvalue weighted by Gasteiger charge is -2.23. The maximum Gasteiger partial charge on any atom is 0.253 e.